The van der Waals surface area contributed by atoms with Crippen molar-refractivity contribution in [3.63, 3.8) is 0 Å². The van der Waals surface area contributed by atoms with Gasteiger partial charge in [-0.2, -0.15) is 0 Å². The maximum atomic E-state index is 5.90. The van der Waals surface area contributed by atoms with Crippen LogP contribution >= 0.6 is 0 Å². The molecule has 0 aliphatic carbocycles. The Balaban J connectivity index is 1.37. The van der Waals surface area contributed by atoms with Gasteiger partial charge in [0.1, 0.15) is 23.9 Å². The van der Waals surface area contributed by atoms with Gasteiger partial charge in [0.05, 0.1) is 52.9 Å². The van der Waals surface area contributed by atoms with Gasteiger partial charge in [-0.05, 0) is 6.92 Å². The summed E-state index contributed by atoms with van der Waals surface area (Å²) in [5.74, 6) is 0. The van der Waals surface area contributed by atoms with Crippen LogP contribution in [0.2, 0.25) is 0 Å². The van der Waals surface area contributed by atoms with E-state index in [0.717, 1.165) is 19.8 Å². The fourth-order valence-electron chi connectivity index (χ4n) is 1.72. The molecule has 110 valence electrons. The molecule has 3 aliphatic heterocycles. The Kier molecular flexibility index (Phi) is 4.36. The van der Waals surface area contributed by atoms with Crippen molar-refractivity contribution in [2.75, 3.05) is 52.9 Å². The van der Waals surface area contributed by atoms with Crippen LogP contribution in [0, 0.1) is 0 Å². The Morgan fingerprint density at radius 2 is 1.26 bits per heavy atom. The average Bonchev–Trinajstić information content (AvgIpc) is 3.25. The Bertz CT molecular complexity index is 267. The van der Waals surface area contributed by atoms with Gasteiger partial charge in [0.15, 0.2) is 0 Å². The van der Waals surface area contributed by atoms with Gasteiger partial charge in [-0.3, -0.25) is 0 Å². The van der Waals surface area contributed by atoms with Crippen LogP contribution in [0.5, 0.6) is 0 Å². The summed E-state index contributed by atoms with van der Waals surface area (Å²) in [5, 5.41) is 0. The summed E-state index contributed by atoms with van der Waals surface area (Å²) in [6.07, 6.45) is 0.798. The second-order valence-corrected chi connectivity index (χ2v) is 5.66. The lowest BCUT2D eigenvalue weighted by molar-refractivity contribution is -0.130. The van der Waals surface area contributed by atoms with Gasteiger partial charge in [0.25, 0.3) is 0 Å². The summed E-state index contributed by atoms with van der Waals surface area (Å²) in [6, 6.07) is 0. The smallest absolute Gasteiger partial charge is 0.112 e. The van der Waals surface area contributed by atoms with Crippen molar-refractivity contribution in [2.24, 2.45) is 0 Å². The molecule has 0 aromatic rings. The number of ether oxygens (including phenoxy) is 6. The molecule has 3 atom stereocenters. The molecule has 3 rings (SSSR count). The summed E-state index contributed by atoms with van der Waals surface area (Å²) >= 11 is 0. The first kappa shape index (κ1) is 13.7. The number of epoxide rings is 3. The van der Waals surface area contributed by atoms with Crippen LogP contribution in [-0.2, 0) is 28.4 Å². The molecule has 3 heterocycles. The second-order valence-electron chi connectivity index (χ2n) is 5.66. The van der Waals surface area contributed by atoms with E-state index >= 15 is 0 Å². The first-order valence-corrected chi connectivity index (χ1v) is 6.88. The van der Waals surface area contributed by atoms with E-state index in [1.165, 1.54) is 0 Å². The third kappa shape index (κ3) is 5.33. The molecule has 19 heavy (non-hydrogen) atoms. The standard InChI is InChI=1S/C13H22O6/c1-13(19-7-12-6-18-12,8-14-2-10-4-16-10)9-15-3-11-5-17-11/h10-12H,2-9H2,1H3. The van der Waals surface area contributed by atoms with E-state index < -0.39 is 5.60 Å². The number of rotatable bonds is 11. The minimum atomic E-state index is -0.435. The van der Waals surface area contributed by atoms with Crippen molar-refractivity contribution >= 4 is 0 Å². The topological polar surface area (TPSA) is 65.3 Å². The van der Waals surface area contributed by atoms with Crippen LogP contribution < -0.4 is 0 Å². The van der Waals surface area contributed by atoms with Gasteiger partial charge in [0.2, 0.25) is 0 Å². The van der Waals surface area contributed by atoms with Gasteiger partial charge in [0, 0.05) is 0 Å². The molecule has 0 amide bonds. The predicted molar refractivity (Wildman–Crippen MR) is 65.2 cm³/mol. The molecule has 0 bridgehead atoms. The number of hydrogen-bond acceptors (Lipinski definition) is 6. The van der Waals surface area contributed by atoms with Crippen LogP contribution in [0.25, 0.3) is 0 Å². The monoisotopic (exact) mass is 274 g/mol. The zero-order chi connectivity index (χ0) is 13.1. The maximum Gasteiger partial charge on any atom is 0.112 e. The lowest BCUT2D eigenvalue weighted by atomic mass is 10.1. The highest BCUT2D eigenvalue weighted by molar-refractivity contribution is 4.79. The molecule has 6 heteroatoms. The van der Waals surface area contributed by atoms with Crippen molar-refractivity contribution in [1.29, 1.82) is 0 Å². The summed E-state index contributed by atoms with van der Waals surface area (Å²) in [6.45, 7) is 7.29. The summed E-state index contributed by atoms with van der Waals surface area (Å²) in [7, 11) is 0. The molecule has 0 N–H and O–H groups in total. The van der Waals surface area contributed by atoms with E-state index in [1.54, 1.807) is 0 Å². The first-order valence-electron chi connectivity index (χ1n) is 6.88. The lowest BCUT2D eigenvalue weighted by Gasteiger charge is -2.29. The maximum absolute atomic E-state index is 5.90. The Morgan fingerprint density at radius 3 is 1.68 bits per heavy atom. The van der Waals surface area contributed by atoms with Gasteiger partial charge in [-0.15, -0.1) is 0 Å². The Hall–Kier alpha value is -0.240. The largest absolute Gasteiger partial charge is 0.376 e. The molecule has 0 aromatic carbocycles. The second kappa shape index (κ2) is 6.03. The summed E-state index contributed by atoms with van der Waals surface area (Å²) in [5.41, 5.74) is -0.435. The normalized spacial score (nSPS) is 34.9. The van der Waals surface area contributed by atoms with E-state index in [1.807, 2.05) is 6.92 Å². The molecule has 6 nitrogen and oxygen atoms in total. The van der Waals surface area contributed by atoms with Gasteiger partial charge in [-0.25, -0.2) is 0 Å². The van der Waals surface area contributed by atoms with Crippen molar-refractivity contribution in [3.05, 3.63) is 0 Å². The minimum Gasteiger partial charge on any atom is -0.376 e. The summed E-state index contributed by atoms with van der Waals surface area (Å²) in [4.78, 5) is 0. The van der Waals surface area contributed by atoms with Crippen molar-refractivity contribution < 1.29 is 28.4 Å². The molecular weight excluding hydrogens is 252 g/mol. The van der Waals surface area contributed by atoms with Crippen molar-refractivity contribution in [1.82, 2.24) is 0 Å². The number of hydrogen-bond donors (Lipinski definition) is 0. The SMILES string of the molecule is CC(COCC1CO1)(COCC1CO1)OCC1CO1. The molecule has 3 fully saturated rings. The third-order valence-corrected chi connectivity index (χ3v) is 3.25. The van der Waals surface area contributed by atoms with Crippen molar-refractivity contribution in [2.45, 2.75) is 30.8 Å². The zero-order valence-corrected chi connectivity index (χ0v) is 11.3. The van der Waals surface area contributed by atoms with E-state index in [9.17, 15) is 0 Å². The lowest BCUT2D eigenvalue weighted by Crippen LogP contribution is -2.41. The minimum absolute atomic E-state index is 0.248. The Morgan fingerprint density at radius 1 is 0.842 bits per heavy atom. The van der Waals surface area contributed by atoms with Gasteiger partial charge < -0.3 is 28.4 Å². The average molecular weight is 274 g/mol. The van der Waals surface area contributed by atoms with E-state index in [-0.39, 0.29) is 18.3 Å². The van der Waals surface area contributed by atoms with Crippen LogP contribution in [0.4, 0.5) is 0 Å². The molecule has 3 saturated heterocycles. The van der Waals surface area contributed by atoms with Crippen LogP contribution in [-0.4, -0.2) is 76.8 Å². The van der Waals surface area contributed by atoms with E-state index in [0.29, 0.717) is 33.0 Å². The molecule has 3 aliphatic rings. The predicted octanol–water partition coefficient (Wildman–Crippen LogP) is -0.00870. The molecular formula is C13H22O6. The highest BCUT2D eigenvalue weighted by atomic mass is 16.6. The van der Waals surface area contributed by atoms with Crippen LogP contribution in [0.1, 0.15) is 6.92 Å². The van der Waals surface area contributed by atoms with Crippen LogP contribution in [0.15, 0.2) is 0 Å². The molecule has 0 radical (unpaired) electrons. The fourth-order valence-corrected chi connectivity index (χ4v) is 1.72. The molecule has 0 spiro atoms. The Labute approximate surface area is 113 Å². The van der Waals surface area contributed by atoms with Gasteiger partial charge in [-0.1, -0.05) is 0 Å². The van der Waals surface area contributed by atoms with E-state index in [2.05, 4.69) is 0 Å². The molecule has 3 unspecified atom stereocenters. The summed E-state index contributed by atoms with van der Waals surface area (Å²) < 4.78 is 32.6. The molecule has 0 saturated carbocycles. The van der Waals surface area contributed by atoms with E-state index in [4.69, 9.17) is 28.4 Å². The van der Waals surface area contributed by atoms with Gasteiger partial charge >= 0.3 is 0 Å². The highest BCUT2D eigenvalue weighted by Crippen LogP contribution is 2.19. The fraction of sp³-hybridized carbons (Fsp3) is 1.00. The highest BCUT2D eigenvalue weighted by Gasteiger charge is 2.33. The van der Waals surface area contributed by atoms with Crippen LogP contribution in [0.3, 0.4) is 0 Å². The quantitative estimate of drug-likeness (QED) is 0.494. The third-order valence-electron chi connectivity index (χ3n) is 3.25. The zero-order valence-electron chi connectivity index (χ0n) is 11.3. The first-order chi connectivity index (χ1) is 9.23. The van der Waals surface area contributed by atoms with Crippen molar-refractivity contribution in [3.8, 4) is 0 Å². The molecule has 0 aromatic heterocycles.